The first kappa shape index (κ1) is 32.6. The molecule has 228 valence electrons. The average Bonchev–Trinajstić information content (AvgIpc) is 2.97. The lowest BCUT2D eigenvalue weighted by molar-refractivity contribution is -0.142. The fourth-order valence-electron chi connectivity index (χ4n) is 4.30. The van der Waals surface area contributed by atoms with Crippen LogP contribution in [0, 0.1) is 0 Å². The second kappa shape index (κ2) is 15.3. The van der Waals surface area contributed by atoms with Crippen LogP contribution in [-0.2, 0) is 38.4 Å². The minimum Gasteiger partial charge on any atom is -0.508 e. The van der Waals surface area contributed by atoms with E-state index in [1.165, 1.54) is 43.3 Å². The smallest absolute Gasteiger partial charge is 0.326 e. The van der Waals surface area contributed by atoms with Crippen molar-refractivity contribution in [3.05, 3.63) is 95.6 Å². The summed E-state index contributed by atoms with van der Waals surface area (Å²) in [6, 6.07) is 15.5. The lowest BCUT2D eigenvalue weighted by Crippen LogP contribution is -2.60. The molecule has 0 aliphatic carbocycles. The lowest BCUT2D eigenvalue weighted by Gasteiger charge is -2.26. The Morgan fingerprint density at radius 2 is 1.12 bits per heavy atom. The molecule has 3 amide bonds. The highest BCUT2D eigenvalue weighted by atomic mass is 16.4. The Hall–Kier alpha value is -4.94. The zero-order chi connectivity index (χ0) is 31.5. The number of hydrogen-bond donors (Lipinski definition) is 8. The van der Waals surface area contributed by atoms with Crippen LogP contribution in [0.1, 0.15) is 23.6 Å². The van der Waals surface area contributed by atoms with Crippen LogP contribution in [0.5, 0.6) is 11.5 Å². The third-order valence-electron chi connectivity index (χ3n) is 6.70. The summed E-state index contributed by atoms with van der Waals surface area (Å²) in [5.41, 5.74) is 7.90. The van der Waals surface area contributed by atoms with Gasteiger partial charge in [-0.2, -0.15) is 0 Å². The Kier molecular flexibility index (Phi) is 11.6. The molecular formula is C31H36N4O8. The van der Waals surface area contributed by atoms with Gasteiger partial charge in [-0.1, -0.05) is 54.6 Å². The van der Waals surface area contributed by atoms with E-state index in [1.807, 2.05) is 0 Å². The number of aliphatic hydroxyl groups excluding tert-OH is 1. The lowest BCUT2D eigenvalue weighted by atomic mass is 10.0. The first-order chi connectivity index (χ1) is 20.4. The summed E-state index contributed by atoms with van der Waals surface area (Å²) in [4.78, 5) is 51.5. The minimum absolute atomic E-state index is 0.00688. The first-order valence-electron chi connectivity index (χ1n) is 13.6. The highest BCUT2D eigenvalue weighted by molar-refractivity contribution is 5.94. The van der Waals surface area contributed by atoms with Gasteiger partial charge in [0, 0.05) is 12.8 Å². The van der Waals surface area contributed by atoms with Crippen molar-refractivity contribution in [1.82, 2.24) is 16.0 Å². The molecule has 12 nitrogen and oxygen atoms in total. The molecule has 9 N–H and O–H groups in total. The zero-order valence-electron chi connectivity index (χ0n) is 23.5. The molecule has 0 fully saturated rings. The molecule has 43 heavy (non-hydrogen) atoms. The predicted molar refractivity (Wildman–Crippen MR) is 157 cm³/mol. The van der Waals surface area contributed by atoms with Crippen molar-refractivity contribution in [3.63, 3.8) is 0 Å². The third kappa shape index (κ3) is 10.1. The Balaban J connectivity index is 1.76. The number of carboxylic acids is 1. The van der Waals surface area contributed by atoms with E-state index in [-0.39, 0.29) is 30.8 Å². The SMILES string of the molecule is CC(O)C(NC(=O)C(N)Cc1ccc(O)cc1)C(=O)NC(Cc1ccc(O)cc1)C(=O)NC(Cc1ccccc1)C(=O)O. The molecule has 5 unspecified atom stereocenters. The maximum atomic E-state index is 13.4. The number of amides is 3. The van der Waals surface area contributed by atoms with E-state index < -0.39 is 54.0 Å². The molecule has 0 aromatic heterocycles. The molecule has 5 atom stereocenters. The molecule has 0 aliphatic heterocycles. The van der Waals surface area contributed by atoms with Crippen molar-refractivity contribution in [2.45, 2.75) is 56.5 Å². The summed E-state index contributed by atoms with van der Waals surface area (Å²) < 4.78 is 0. The summed E-state index contributed by atoms with van der Waals surface area (Å²) in [5, 5.41) is 46.6. The van der Waals surface area contributed by atoms with Gasteiger partial charge in [0.05, 0.1) is 12.1 Å². The number of phenols is 2. The number of nitrogens with one attached hydrogen (secondary N) is 3. The van der Waals surface area contributed by atoms with Crippen LogP contribution < -0.4 is 21.7 Å². The van der Waals surface area contributed by atoms with E-state index in [0.29, 0.717) is 16.7 Å². The number of aliphatic carboxylic acids is 1. The Bertz CT molecular complexity index is 1380. The van der Waals surface area contributed by atoms with Crippen LogP contribution in [0.3, 0.4) is 0 Å². The monoisotopic (exact) mass is 592 g/mol. The first-order valence-corrected chi connectivity index (χ1v) is 13.6. The molecule has 0 spiro atoms. The van der Waals surface area contributed by atoms with Crippen LogP contribution in [-0.4, -0.2) is 74.4 Å². The van der Waals surface area contributed by atoms with Gasteiger partial charge in [-0.3, -0.25) is 14.4 Å². The number of aromatic hydroxyl groups is 2. The van der Waals surface area contributed by atoms with Gasteiger partial charge in [-0.15, -0.1) is 0 Å². The number of benzene rings is 3. The van der Waals surface area contributed by atoms with Crippen molar-refractivity contribution in [2.75, 3.05) is 0 Å². The minimum atomic E-state index is -1.49. The fraction of sp³-hybridized carbons (Fsp3) is 0.290. The number of rotatable bonds is 14. The normalized spacial score (nSPS) is 14.4. The second-order valence-electron chi connectivity index (χ2n) is 10.2. The summed E-state index contributed by atoms with van der Waals surface area (Å²) in [6.45, 7) is 1.28. The van der Waals surface area contributed by atoms with E-state index in [9.17, 15) is 39.6 Å². The Labute approximate surface area is 248 Å². The number of carbonyl (C=O) groups excluding carboxylic acids is 3. The molecule has 0 heterocycles. The molecule has 12 heteroatoms. The summed E-state index contributed by atoms with van der Waals surface area (Å²) in [5.74, 6) is -3.67. The van der Waals surface area contributed by atoms with Crippen molar-refractivity contribution in [2.24, 2.45) is 5.73 Å². The maximum Gasteiger partial charge on any atom is 0.326 e. The van der Waals surface area contributed by atoms with Gasteiger partial charge >= 0.3 is 5.97 Å². The second-order valence-corrected chi connectivity index (χ2v) is 10.2. The Morgan fingerprint density at radius 1 is 0.651 bits per heavy atom. The van der Waals surface area contributed by atoms with Crippen molar-refractivity contribution < 1.29 is 39.6 Å². The van der Waals surface area contributed by atoms with Gasteiger partial charge in [0.15, 0.2) is 0 Å². The van der Waals surface area contributed by atoms with Crippen molar-refractivity contribution in [3.8, 4) is 11.5 Å². The number of hydrogen-bond acceptors (Lipinski definition) is 8. The van der Waals surface area contributed by atoms with E-state index in [2.05, 4.69) is 16.0 Å². The molecule has 0 radical (unpaired) electrons. The van der Waals surface area contributed by atoms with Crippen LogP contribution in [0.25, 0.3) is 0 Å². The summed E-state index contributed by atoms with van der Waals surface area (Å²) in [7, 11) is 0. The largest absolute Gasteiger partial charge is 0.508 e. The number of nitrogens with two attached hydrogens (primary N) is 1. The zero-order valence-corrected chi connectivity index (χ0v) is 23.5. The molecule has 0 aliphatic rings. The number of carboxylic acid groups (broad SMARTS) is 1. The molecule has 3 rings (SSSR count). The van der Waals surface area contributed by atoms with E-state index in [4.69, 9.17) is 5.73 Å². The van der Waals surface area contributed by atoms with E-state index >= 15 is 0 Å². The van der Waals surface area contributed by atoms with Crippen molar-refractivity contribution in [1.29, 1.82) is 0 Å². The number of carbonyl (C=O) groups is 4. The summed E-state index contributed by atoms with van der Waals surface area (Å²) in [6.07, 6.45) is -1.39. The fourth-order valence-corrected chi connectivity index (χ4v) is 4.30. The van der Waals surface area contributed by atoms with Gasteiger partial charge in [0.1, 0.15) is 29.6 Å². The van der Waals surface area contributed by atoms with Gasteiger partial charge in [0.25, 0.3) is 0 Å². The molecule has 3 aromatic rings. The number of aliphatic hydroxyl groups is 1. The van der Waals surface area contributed by atoms with E-state index in [0.717, 1.165) is 0 Å². The molecule has 0 saturated carbocycles. The molecule has 3 aromatic carbocycles. The van der Waals surface area contributed by atoms with Crippen LogP contribution in [0.2, 0.25) is 0 Å². The Morgan fingerprint density at radius 3 is 1.63 bits per heavy atom. The van der Waals surface area contributed by atoms with Gasteiger partial charge in [0.2, 0.25) is 17.7 Å². The molecule has 0 bridgehead atoms. The summed E-state index contributed by atoms with van der Waals surface area (Å²) >= 11 is 0. The highest BCUT2D eigenvalue weighted by Crippen LogP contribution is 2.13. The predicted octanol–water partition coefficient (Wildman–Crippen LogP) is 0.373. The van der Waals surface area contributed by atoms with E-state index in [1.54, 1.807) is 42.5 Å². The van der Waals surface area contributed by atoms with Crippen LogP contribution in [0.4, 0.5) is 0 Å². The highest BCUT2D eigenvalue weighted by Gasteiger charge is 2.32. The standard InChI is InChI=1S/C31H36N4O8/c1-18(36)27(35-28(39)24(32)15-20-7-11-22(37)12-8-20)30(41)33-25(16-21-9-13-23(38)14-10-21)29(40)34-26(31(42)43)17-19-5-3-2-4-6-19/h2-14,18,24-27,36-38H,15-17,32H2,1H3,(H,33,41)(H,34,40)(H,35,39)(H,42,43). The molecular weight excluding hydrogens is 556 g/mol. The quantitative estimate of drug-likeness (QED) is 0.130. The topological polar surface area (TPSA) is 211 Å². The number of phenolic OH excluding ortho intramolecular Hbond substituents is 2. The van der Waals surface area contributed by atoms with Crippen molar-refractivity contribution >= 4 is 23.7 Å². The maximum absolute atomic E-state index is 13.4. The average molecular weight is 593 g/mol. The van der Waals surface area contributed by atoms with Crippen LogP contribution >= 0.6 is 0 Å². The van der Waals surface area contributed by atoms with Gasteiger partial charge < -0.3 is 42.1 Å². The molecule has 0 saturated heterocycles. The third-order valence-corrected chi connectivity index (χ3v) is 6.70. The van der Waals surface area contributed by atoms with Gasteiger partial charge in [-0.05, 0) is 54.3 Å². The van der Waals surface area contributed by atoms with Gasteiger partial charge in [-0.25, -0.2) is 4.79 Å². The van der Waals surface area contributed by atoms with Crippen LogP contribution in [0.15, 0.2) is 78.9 Å².